The molecule has 2 aromatic carbocycles. The lowest BCUT2D eigenvalue weighted by atomic mass is 10.1. The molecule has 1 atom stereocenters. The van der Waals surface area contributed by atoms with Gasteiger partial charge in [-0.1, -0.05) is 42.5 Å². The van der Waals surface area contributed by atoms with Gasteiger partial charge in [0.1, 0.15) is 18.5 Å². The Hall–Kier alpha value is -2.49. The van der Waals surface area contributed by atoms with Crippen molar-refractivity contribution in [2.45, 2.75) is 59.4 Å². The number of hydrogen-bond donors (Lipinski definition) is 0. The van der Waals surface area contributed by atoms with E-state index in [1.165, 1.54) is 0 Å². The molecular weight excluding hydrogens is 326 g/mol. The van der Waals surface area contributed by atoms with Crippen molar-refractivity contribution in [2.75, 3.05) is 0 Å². The zero-order chi connectivity index (χ0) is 19.1. The van der Waals surface area contributed by atoms with Gasteiger partial charge < -0.3 is 14.4 Å². The van der Waals surface area contributed by atoms with Crippen molar-refractivity contribution in [3.63, 3.8) is 0 Å². The van der Waals surface area contributed by atoms with Crippen molar-refractivity contribution < 1.29 is 14.3 Å². The third-order valence-electron chi connectivity index (χ3n) is 4.18. The summed E-state index contributed by atoms with van der Waals surface area (Å²) < 4.78 is 11.5. The zero-order valence-electron chi connectivity index (χ0n) is 16.3. The highest BCUT2D eigenvalue weighted by Crippen LogP contribution is 2.24. The summed E-state index contributed by atoms with van der Waals surface area (Å²) in [6, 6.07) is 17.9. The maximum atomic E-state index is 12.5. The number of nitrogens with zero attached hydrogens (tertiary/aromatic N) is 1. The smallest absolute Gasteiger partial charge is 0.410 e. The molecule has 2 aromatic rings. The predicted molar refractivity (Wildman–Crippen MR) is 104 cm³/mol. The highest BCUT2D eigenvalue weighted by molar-refractivity contribution is 5.68. The summed E-state index contributed by atoms with van der Waals surface area (Å²) in [5.41, 5.74) is 2.03. The second-order valence-corrected chi connectivity index (χ2v) is 6.97. The number of rotatable bonds is 7. The molecule has 0 N–H and O–H groups in total. The van der Waals surface area contributed by atoms with Gasteiger partial charge >= 0.3 is 6.09 Å². The van der Waals surface area contributed by atoms with Crippen LogP contribution in [0.5, 0.6) is 5.75 Å². The van der Waals surface area contributed by atoms with Crippen molar-refractivity contribution in [3.05, 3.63) is 65.7 Å². The monoisotopic (exact) mass is 355 g/mol. The molecule has 0 saturated heterocycles. The van der Waals surface area contributed by atoms with Crippen molar-refractivity contribution in [3.8, 4) is 5.75 Å². The third kappa shape index (κ3) is 5.51. The molecule has 1 amide bonds. The van der Waals surface area contributed by atoms with Gasteiger partial charge in [0.25, 0.3) is 0 Å². The first-order chi connectivity index (χ1) is 12.4. The first kappa shape index (κ1) is 19.8. The highest BCUT2D eigenvalue weighted by Gasteiger charge is 2.23. The van der Waals surface area contributed by atoms with E-state index in [-0.39, 0.29) is 24.3 Å². The van der Waals surface area contributed by atoms with Gasteiger partial charge in [0.05, 0.1) is 0 Å². The number of benzene rings is 2. The van der Waals surface area contributed by atoms with Crippen LogP contribution in [-0.2, 0) is 11.3 Å². The van der Waals surface area contributed by atoms with Gasteiger partial charge in [-0.05, 0) is 57.9 Å². The van der Waals surface area contributed by atoms with E-state index in [4.69, 9.17) is 9.47 Å². The molecule has 0 radical (unpaired) electrons. The molecule has 26 heavy (non-hydrogen) atoms. The van der Waals surface area contributed by atoms with E-state index in [1.807, 2.05) is 89.2 Å². The van der Waals surface area contributed by atoms with Crippen LogP contribution in [0.2, 0.25) is 0 Å². The molecular formula is C22H29NO3. The van der Waals surface area contributed by atoms with Gasteiger partial charge in [0.2, 0.25) is 0 Å². The Morgan fingerprint density at radius 3 is 2.19 bits per heavy atom. The first-order valence-corrected chi connectivity index (χ1v) is 9.14. The van der Waals surface area contributed by atoms with Crippen LogP contribution in [-0.4, -0.2) is 23.1 Å². The van der Waals surface area contributed by atoms with Gasteiger partial charge in [-0.15, -0.1) is 0 Å². The van der Waals surface area contributed by atoms with Crippen LogP contribution in [0.3, 0.4) is 0 Å². The number of carbonyl (C=O) groups excluding carboxylic acids is 1. The van der Waals surface area contributed by atoms with E-state index in [2.05, 4.69) is 0 Å². The standard InChI is InChI=1S/C22H29NO3/c1-16(2)23(17(3)4)22(24)26-18(5)20-12-9-13-21(14-20)25-15-19-10-7-6-8-11-19/h6-14,16-18H,15H2,1-5H3/t18-/m1/s1. The Morgan fingerprint density at radius 2 is 1.58 bits per heavy atom. The lowest BCUT2D eigenvalue weighted by molar-refractivity contribution is 0.0510. The summed E-state index contributed by atoms with van der Waals surface area (Å²) in [6.45, 7) is 10.3. The maximum absolute atomic E-state index is 12.5. The van der Waals surface area contributed by atoms with Gasteiger partial charge in [-0.25, -0.2) is 4.79 Å². The second kappa shape index (κ2) is 9.27. The molecule has 0 bridgehead atoms. The van der Waals surface area contributed by atoms with E-state index >= 15 is 0 Å². The van der Waals surface area contributed by atoms with E-state index in [9.17, 15) is 4.79 Å². The molecule has 0 aromatic heterocycles. The fourth-order valence-electron chi connectivity index (χ4n) is 2.90. The third-order valence-corrected chi connectivity index (χ3v) is 4.18. The second-order valence-electron chi connectivity index (χ2n) is 6.97. The topological polar surface area (TPSA) is 38.8 Å². The van der Waals surface area contributed by atoms with Crippen LogP contribution in [0.15, 0.2) is 54.6 Å². The number of carbonyl (C=O) groups is 1. The fraction of sp³-hybridized carbons (Fsp3) is 0.409. The van der Waals surface area contributed by atoms with E-state index in [1.54, 1.807) is 4.90 Å². The molecule has 0 saturated carbocycles. The molecule has 0 fully saturated rings. The minimum absolute atomic E-state index is 0.0928. The van der Waals surface area contributed by atoms with Gasteiger partial charge in [0, 0.05) is 12.1 Å². The van der Waals surface area contributed by atoms with Crippen LogP contribution >= 0.6 is 0 Å². The Morgan fingerprint density at radius 1 is 0.923 bits per heavy atom. The quantitative estimate of drug-likeness (QED) is 0.650. The Kier molecular flexibility index (Phi) is 7.07. The number of hydrogen-bond acceptors (Lipinski definition) is 3. The minimum atomic E-state index is -0.345. The predicted octanol–water partition coefficient (Wildman–Crippen LogP) is 5.58. The summed E-state index contributed by atoms with van der Waals surface area (Å²) >= 11 is 0. The Bertz CT molecular complexity index is 690. The molecule has 140 valence electrons. The van der Waals surface area contributed by atoms with Gasteiger partial charge in [-0.2, -0.15) is 0 Å². The van der Waals surface area contributed by atoms with Crippen molar-refractivity contribution >= 4 is 6.09 Å². The molecule has 0 aliphatic rings. The van der Waals surface area contributed by atoms with Crippen molar-refractivity contribution in [1.29, 1.82) is 0 Å². The van der Waals surface area contributed by atoms with Crippen molar-refractivity contribution in [1.82, 2.24) is 4.90 Å². The zero-order valence-corrected chi connectivity index (χ0v) is 16.3. The average Bonchev–Trinajstić information content (AvgIpc) is 2.60. The van der Waals surface area contributed by atoms with Crippen LogP contribution in [0.4, 0.5) is 4.79 Å². The summed E-state index contributed by atoms with van der Waals surface area (Å²) in [4.78, 5) is 14.2. The molecule has 0 aliphatic heterocycles. The van der Waals surface area contributed by atoms with E-state index in [0.717, 1.165) is 16.9 Å². The van der Waals surface area contributed by atoms with Gasteiger partial charge in [-0.3, -0.25) is 0 Å². The molecule has 0 spiro atoms. The van der Waals surface area contributed by atoms with Crippen LogP contribution < -0.4 is 4.74 Å². The molecule has 0 aliphatic carbocycles. The number of amides is 1. The Balaban J connectivity index is 2.00. The van der Waals surface area contributed by atoms with Crippen LogP contribution in [0.1, 0.15) is 51.8 Å². The summed E-state index contributed by atoms with van der Waals surface area (Å²) in [7, 11) is 0. The molecule has 0 unspecified atom stereocenters. The maximum Gasteiger partial charge on any atom is 0.410 e. The summed E-state index contributed by atoms with van der Waals surface area (Å²) in [5, 5.41) is 0. The van der Waals surface area contributed by atoms with Crippen LogP contribution in [0, 0.1) is 0 Å². The van der Waals surface area contributed by atoms with Crippen molar-refractivity contribution in [2.24, 2.45) is 0 Å². The first-order valence-electron chi connectivity index (χ1n) is 9.14. The molecule has 4 nitrogen and oxygen atoms in total. The summed E-state index contributed by atoms with van der Waals surface area (Å²) in [5.74, 6) is 0.763. The molecule has 0 heterocycles. The number of ether oxygens (including phenoxy) is 2. The minimum Gasteiger partial charge on any atom is -0.489 e. The van der Waals surface area contributed by atoms with E-state index in [0.29, 0.717) is 6.61 Å². The largest absolute Gasteiger partial charge is 0.489 e. The average molecular weight is 355 g/mol. The molecule has 2 rings (SSSR count). The lowest BCUT2D eigenvalue weighted by Gasteiger charge is -2.31. The summed E-state index contributed by atoms with van der Waals surface area (Å²) in [6.07, 6.45) is -0.638. The lowest BCUT2D eigenvalue weighted by Crippen LogP contribution is -2.42. The van der Waals surface area contributed by atoms with Crippen LogP contribution in [0.25, 0.3) is 0 Å². The fourth-order valence-corrected chi connectivity index (χ4v) is 2.90. The van der Waals surface area contributed by atoms with E-state index < -0.39 is 0 Å². The van der Waals surface area contributed by atoms with Gasteiger partial charge in [0.15, 0.2) is 0 Å². The Labute approximate surface area is 156 Å². The normalized spacial score (nSPS) is 12.1. The molecule has 4 heteroatoms. The SMILES string of the molecule is CC(C)N(C(=O)O[C@H](C)c1cccc(OCc2ccccc2)c1)C(C)C. The highest BCUT2D eigenvalue weighted by atomic mass is 16.6.